The van der Waals surface area contributed by atoms with Crippen molar-refractivity contribution < 1.29 is 9.63 Å². The first-order chi connectivity index (χ1) is 13.2. The summed E-state index contributed by atoms with van der Waals surface area (Å²) < 4.78 is 0. The van der Waals surface area contributed by atoms with Crippen molar-refractivity contribution in [3.8, 4) is 0 Å². The maximum Gasteiger partial charge on any atom is 0.187 e. The van der Waals surface area contributed by atoms with Gasteiger partial charge in [0.15, 0.2) is 5.78 Å². The second-order valence-electron chi connectivity index (χ2n) is 5.81. The molecule has 0 aliphatic carbocycles. The Morgan fingerprint density at radius 2 is 1.96 bits per heavy atom. The number of aliphatic imine (C=N–C) groups is 1. The van der Waals surface area contributed by atoms with E-state index in [1.165, 1.54) is 4.88 Å². The number of ketones is 1. The number of allylic oxidation sites excluding steroid dienone is 4. The van der Waals surface area contributed by atoms with E-state index in [1.54, 1.807) is 17.4 Å². The zero-order valence-electron chi connectivity index (χ0n) is 15.5. The number of rotatable bonds is 8. The molecule has 0 fully saturated rings. The van der Waals surface area contributed by atoms with Gasteiger partial charge in [0.25, 0.3) is 0 Å². The molecule has 0 saturated carbocycles. The molecule has 2 aromatic rings. The Labute approximate surface area is 163 Å². The normalized spacial score (nSPS) is 14.9. The van der Waals surface area contributed by atoms with E-state index in [-0.39, 0.29) is 5.78 Å². The molecule has 0 N–H and O–H groups in total. The summed E-state index contributed by atoms with van der Waals surface area (Å²) in [6, 6.07) is 11.5. The quantitative estimate of drug-likeness (QED) is 0.355. The molecule has 5 heteroatoms. The van der Waals surface area contributed by atoms with Crippen molar-refractivity contribution in [2.45, 2.75) is 13.8 Å². The molecule has 1 aromatic heterocycles. The van der Waals surface area contributed by atoms with Crippen LogP contribution >= 0.6 is 11.3 Å². The summed E-state index contributed by atoms with van der Waals surface area (Å²) in [5, 5.41) is 3.85. The lowest BCUT2D eigenvalue weighted by Gasteiger charge is -2.21. The summed E-state index contributed by atoms with van der Waals surface area (Å²) in [6.07, 6.45) is 9.31. The molecular weight excluding hydrogens is 356 g/mol. The number of nitrogens with zero attached hydrogens (tertiary/aromatic N) is 2. The van der Waals surface area contributed by atoms with E-state index in [9.17, 15) is 4.79 Å². The van der Waals surface area contributed by atoms with Crippen molar-refractivity contribution in [1.82, 2.24) is 0 Å². The number of carbonyl (C=O) groups is 1. The van der Waals surface area contributed by atoms with Gasteiger partial charge < -0.3 is 0 Å². The van der Waals surface area contributed by atoms with E-state index in [2.05, 4.69) is 11.1 Å². The molecule has 0 amide bonds. The first kappa shape index (κ1) is 19.0. The summed E-state index contributed by atoms with van der Waals surface area (Å²) in [5.41, 5.74) is 3.07. The van der Waals surface area contributed by atoms with E-state index in [0.29, 0.717) is 17.9 Å². The molecular formula is C22H22N2O2S. The molecule has 138 valence electrons. The average molecular weight is 378 g/mol. The first-order valence-electron chi connectivity index (χ1n) is 8.94. The van der Waals surface area contributed by atoms with Crippen LogP contribution in [0, 0.1) is 0 Å². The molecule has 3 rings (SSSR count). The number of benzene rings is 1. The van der Waals surface area contributed by atoms with Crippen LogP contribution in [-0.4, -0.2) is 24.6 Å². The van der Waals surface area contributed by atoms with Crippen molar-refractivity contribution in [3.05, 3.63) is 82.2 Å². The predicted molar refractivity (Wildman–Crippen MR) is 113 cm³/mol. The van der Waals surface area contributed by atoms with Crippen molar-refractivity contribution >= 4 is 34.6 Å². The van der Waals surface area contributed by atoms with Gasteiger partial charge in [-0.15, -0.1) is 11.3 Å². The molecule has 1 aliphatic rings. The maximum atomic E-state index is 12.5. The van der Waals surface area contributed by atoms with Gasteiger partial charge in [0.05, 0.1) is 23.7 Å². The molecule has 1 aliphatic heterocycles. The van der Waals surface area contributed by atoms with Crippen molar-refractivity contribution in [3.63, 3.8) is 0 Å². The number of hydroxylamine groups is 1. The fourth-order valence-electron chi connectivity index (χ4n) is 2.64. The zero-order chi connectivity index (χ0) is 19.1. The molecule has 27 heavy (non-hydrogen) atoms. The van der Waals surface area contributed by atoms with Crippen LogP contribution in [-0.2, 0) is 4.84 Å². The highest BCUT2D eigenvalue weighted by molar-refractivity contribution is 7.10. The summed E-state index contributed by atoms with van der Waals surface area (Å²) in [5.74, 6) is -0.0621. The monoisotopic (exact) mass is 378 g/mol. The van der Waals surface area contributed by atoms with Gasteiger partial charge in [-0.3, -0.25) is 14.7 Å². The molecule has 0 radical (unpaired) electrons. The van der Waals surface area contributed by atoms with Crippen molar-refractivity contribution in [2.75, 3.05) is 18.2 Å². The Kier molecular flexibility index (Phi) is 6.52. The second-order valence-corrected chi connectivity index (χ2v) is 6.79. The molecule has 2 heterocycles. The van der Waals surface area contributed by atoms with Gasteiger partial charge in [-0.1, -0.05) is 6.07 Å². The van der Waals surface area contributed by atoms with Gasteiger partial charge in [-0.25, -0.2) is 4.99 Å². The Morgan fingerprint density at radius 1 is 1.15 bits per heavy atom. The highest BCUT2D eigenvalue weighted by Crippen LogP contribution is 2.18. The van der Waals surface area contributed by atoms with Crippen LogP contribution in [0.15, 0.2) is 76.8 Å². The topological polar surface area (TPSA) is 41.9 Å². The summed E-state index contributed by atoms with van der Waals surface area (Å²) in [4.78, 5) is 23.7. The lowest BCUT2D eigenvalue weighted by Crippen LogP contribution is -2.22. The maximum absolute atomic E-state index is 12.5. The summed E-state index contributed by atoms with van der Waals surface area (Å²) in [6.45, 7) is 5.32. The van der Waals surface area contributed by atoms with Crippen LogP contribution in [0.5, 0.6) is 0 Å². The van der Waals surface area contributed by atoms with Crippen molar-refractivity contribution in [2.24, 2.45) is 4.99 Å². The Morgan fingerprint density at radius 3 is 2.63 bits per heavy atom. The minimum Gasteiger partial charge on any atom is -0.289 e. The molecule has 0 saturated heterocycles. The van der Waals surface area contributed by atoms with Crippen LogP contribution < -0.4 is 5.06 Å². The lowest BCUT2D eigenvalue weighted by atomic mass is 10.1. The number of carbonyl (C=O) groups excluding carboxylic acids is 1. The smallest absolute Gasteiger partial charge is 0.187 e. The number of anilines is 1. The molecule has 0 atom stereocenters. The van der Waals surface area contributed by atoms with Crippen LogP contribution in [0.3, 0.4) is 0 Å². The van der Waals surface area contributed by atoms with Crippen LogP contribution in [0.4, 0.5) is 5.69 Å². The van der Waals surface area contributed by atoms with E-state index >= 15 is 0 Å². The van der Waals surface area contributed by atoms with E-state index in [0.717, 1.165) is 17.9 Å². The van der Waals surface area contributed by atoms with E-state index in [4.69, 9.17) is 4.84 Å². The number of hydrogen-bond acceptors (Lipinski definition) is 5. The van der Waals surface area contributed by atoms with E-state index < -0.39 is 0 Å². The predicted octanol–water partition coefficient (Wildman–Crippen LogP) is 5.32. The zero-order valence-corrected chi connectivity index (χ0v) is 16.3. The van der Waals surface area contributed by atoms with Gasteiger partial charge in [-0.05, 0) is 73.9 Å². The third-order valence-corrected chi connectivity index (χ3v) is 4.77. The number of thiophene rings is 1. The highest BCUT2D eigenvalue weighted by atomic mass is 32.1. The second kappa shape index (κ2) is 9.26. The highest BCUT2D eigenvalue weighted by Gasteiger charge is 2.09. The average Bonchev–Trinajstić information content (AvgIpc) is 3.36. The van der Waals surface area contributed by atoms with Crippen LogP contribution in [0.25, 0.3) is 6.08 Å². The first-order valence-corrected chi connectivity index (χ1v) is 9.82. The van der Waals surface area contributed by atoms with Gasteiger partial charge in [0, 0.05) is 23.1 Å². The van der Waals surface area contributed by atoms with Gasteiger partial charge in [0.2, 0.25) is 0 Å². The summed E-state index contributed by atoms with van der Waals surface area (Å²) in [7, 11) is 0. The molecule has 0 unspecified atom stereocenters. The molecule has 4 nitrogen and oxygen atoms in total. The minimum atomic E-state index is -0.0621. The Hall–Kier alpha value is -2.76. The molecule has 0 spiro atoms. The van der Waals surface area contributed by atoms with Gasteiger partial charge in [-0.2, -0.15) is 0 Å². The van der Waals surface area contributed by atoms with Gasteiger partial charge in [0.1, 0.15) is 0 Å². The Balaban J connectivity index is 1.67. The minimum absolute atomic E-state index is 0.0621. The van der Waals surface area contributed by atoms with Crippen LogP contribution in [0.2, 0.25) is 0 Å². The van der Waals surface area contributed by atoms with Crippen molar-refractivity contribution in [1.29, 1.82) is 0 Å². The van der Waals surface area contributed by atoms with Gasteiger partial charge >= 0.3 is 0 Å². The number of hydrogen-bond donors (Lipinski definition) is 0. The fourth-order valence-corrected chi connectivity index (χ4v) is 3.25. The molecule has 0 bridgehead atoms. The summed E-state index contributed by atoms with van der Waals surface area (Å²) >= 11 is 1.68. The standard InChI is InChI=1S/C22H22N2O2S/c1-3-24(26-4-2)20-12-7-17(8-13-20)22(25)16-19-10-9-18(23-19)11-14-21-6-5-15-27-21/h5-16H,3-4H2,1-2H3. The largest absolute Gasteiger partial charge is 0.289 e. The lowest BCUT2D eigenvalue weighted by molar-refractivity contribution is 0.104. The fraction of sp³-hybridized carbons (Fsp3) is 0.182. The third-order valence-electron chi connectivity index (χ3n) is 3.94. The van der Waals surface area contributed by atoms with Crippen LogP contribution in [0.1, 0.15) is 29.1 Å². The Bertz CT molecular complexity index is 891. The SMILES string of the molecule is CCON(CC)c1ccc(C(=O)C=C2C=CC(C=Cc3cccs3)=N2)cc1. The third kappa shape index (κ3) is 5.12. The molecule has 1 aromatic carbocycles. The van der Waals surface area contributed by atoms with E-state index in [1.807, 2.05) is 78.9 Å².